The molecule has 4 heteroatoms. The Morgan fingerprint density at radius 3 is 3.06 bits per heavy atom. The van der Waals surface area contributed by atoms with Crippen LogP contribution in [0, 0.1) is 0 Å². The zero-order valence-corrected chi connectivity index (χ0v) is 9.91. The van der Waals surface area contributed by atoms with E-state index >= 15 is 0 Å². The average molecular weight is 234 g/mol. The molecule has 1 aromatic carbocycles. The molecule has 0 amide bonds. The molecule has 17 heavy (non-hydrogen) atoms. The standard InChI is InChI=1S/C13H14O4/c1-7-5-9(14)12-11(15-2)6-10-8(3-4-16-10)13(12)17-7/h6-7H,3-5H2,1-2H3/t7-/m0/s1. The fraction of sp³-hybridized carbons (Fsp3) is 0.462. The van der Waals surface area contributed by atoms with E-state index in [1.165, 1.54) is 0 Å². The smallest absolute Gasteiger partial charge is 0.174 e. The molecule has 0 saturated carbocycles. The summed E-state index contributed by atoms with van der Waals surface area (Å²) in [5.74, 6) is 2.09. The van der Waals surface area contributed by atoms with E-state index in [9.17, 15) is 4.79 Å². The van der Waals surface area contributed by atoms with Gasteiger partial charge in [-0.25, -0.2) is 0 Å². The van der Waals surface area contributed by atoms with E-state index in [0.29, 0.717) is 30.1 Å². The number of ether oxygens (including phenoxy) is 3. The highest BCUT2D eigenvalue weighted by Gasteiger charge is 2.33. The van der Waals surface area contributed by atoms with Crippen molar-refractivity contribution < 1.29 is 19.0 Å². The van der Waals surface area contributed by atoms with Crippen LogP contribution < -0.4 is 14.2 Å². The Balaban J connectivity index is 2.24. The van der Waals surface area contributed by atoms with Crippen molar-refractivity contribution in [2.24, 2.45) is 0 Å². The summed E-state index contributed by atoms with van der Waals surface area (Å²) in [6.07, 6.45) is 1.12. The van der Waals surface area contributed by atoms with Gasteiger partial charge in [-0.1, -0.05) is 0 Å². The van der Waals surface area contributed by atoms with Crippen molar-refractivity contribution in [1.82, 2.24) is 0 Å². The van der Waals surface area contributed by atoms with Crippen LogP contribution in [0.25, 0.3) is 0 Å². The first-order valence-corrected chi connectivity index (χ1v) is 5.77. The Labute approximate surface area is 99.5 Å². The lowest BCUT2D eigenvalue weighted by atomic mass is 9.96. The third-order valence-electron chi connectivity index (χ3n) is 3.21. The summed E-state index contributed by atoms with van der Waals surface area (Å²) >= 11 is 0. The van der Waals surface area contributed by atoms with E-state index in [0.717, 1.165) is 17.7 Å². The van der Waals surface area contributed by atoms with Crippen LogP contribution >= 0.6 is 0 Å². The molecule has 1 aromatic rings. The van der Waals surface area contributed by atoms with Gasteiger partial charge in [0.1, 0.15) is 28.9 Å². The molecule has 4 nitrogen and oxygen atoms in total. The van der Waals surface area contributed by atoms with Gasteiger partial charge < -0.3 is 14.2 Å². The van der Waals surface area contributed by atoms with Crippen molar-refractivity contribution in [3.8, 4) is 17.2 Å². The number of benzene rings is 1. The van der Waals surface area contributed by atoms with Gasteiger partial charge in [-0.05, 0) is 6.92 Å². The molecule has 0 unspecified atom stereocenters. The van der Waals surface area contributed by atoms with Gasteiger partial charge in [-0.15, -0.1) is 0 Å². The maximum Gasteiger partial charge on any atom is 0.174 e. The maximum absolute atomic E-state index is 12.1. The molecule has 2 aliphatic rings. The predicted octanol–water partition coefficient (Wildman–Crippen LogP) is 1.98. The van der Waals surface area contributed by atoms with Crippen molar-refractivity contribution >= 4 is 5.78 Å². The first-order chi connectivity index (χ1) is 8.20. The fourth-order valence-electron chi connectivity index (χ4n) is 2.44. The van der Waals surface area contributed by atoms with Gasteiger partial charge in [0.25, 0.3) is 0 Å². The molecule has 2 aliphatic heterocycles. The van der Waals surface area contributed by atoms with Gasteiger partial charge >= 0.3 is 0 Å². The molecular weight excluding hydrogens is 220 g/mol. The van der Waals surface area contributed by atoms with Crippen molar-refractivity contribution in [3.05, 3.63) is 17.2 Å². The lowest BCUT2D eigenvalue weighted by Gasteiger charge is -2.25. The predicted molar refractivity (Wildman–Crippen MR) is 61.2 cm³/mol. The largest absolute Gasteiger partial charge is 0.496 e. The van der Waals surface area contributed by atoms with E-state index in [2.05, 4.69) is 0 Å². The van der Waals surface area contributed by atoms with Crippen LogP contribution in [0.15, 0.2) is 6.07 Å². The van der Waals surface area contributed by atoms with E-state index in [1.54, 1.807) is 13.2 Å². The zero-order chi connectivity index (χ0) is 12.0. The van der Waals surface area contributed by atoms with Gasteiger partial charge in [0.15, 0.2) is 5.78 Å². The summed E-state index contributed by atoms with van der Waals surface area (Å²) in [6, 6.07) is 1.79. The molecule has 0 radical (unpaired) electrons. The van der Waals surface area contributed by atoms with Gasteiger partial charge in [-0.3, -0.25) is 4.79 Å². The summed E-state index contributed by atoms with van der Waals surface area (Å²) < 4.78 is 16.6. The van der Waals surface area contributed by atoms with E-state index in [1.807, 2.05) is 6.92 Å². The van der Waals surface area contributed by atoms with Crippen LogP contribution in [0.5, 0.6) is 17.2 Å². The molecule has 0 bridgehead atoms. The number of rotatable bonds is 1. The Kier molecular flexibility index (Phi) is 2.24. The summed E-state index contributed by atoms with van der Waals surface area (Å²) in [6.45, 7) is 2.55. The van der Waals surface area contributed by atoms with Crippen LogP contribution in [0.3, 0.4) is 0 Å². The monoisotopic (exact) mass is 234 g/mol. The second-order valence-corrected chi connectivity index (χ2v) is 4.41. The topological polar surface area (TPSA) is 44.8 Å². The Morgan fingerprint density at radius 1 is 1.47 bits per heavy atom. The second kappa shape index (κ2) is 3.65. The van der Waals surface area contributed by atoms with Crippen LogP contribution in [-0.4, -0.2) is 25.6 Å². The third-order valence-corrected chi connectivity index (χ3v) is 3.21. The van der Waals surface area contributed by atoms with Crippen LogP contribution in [0.1, 0.15) is 29.3 Å². The van der Waals surface area contributed by atoms with Crippen LogP contribution in [0.2, 0.25) is 0 Å². The molecule has 2 heterocycles. The van der Waals surface area contributed by atoms with Crippen LogP contribution in [-0.2, 0) is 6.42 Å². The normalized spacial score (nSPS) is 21.3. The number of carbonyl (C=O) groups excluding carboxylic acids is 1. The minimum Gasteiger partial charge on any atom is -0.496 e. The van der Waals surface area contributed by atoms with Crippen molar-refractivity contribution in [2.75, 3.05) is 13.7 Å². The number of Topliss-reactive ketones (excluding diaryl/α,β-unsaturated/α-hetero) is 1. The molecule has 0 aromatic heterocycles. The van der Waals surface area contributed by atoms with E-state index < -0.39 is 0 Å². The molecule has 0 fully saturated rings. The van der Waals surface area contributed by atoms with Gasteiger partial charge in [0.2, 0.25) is 0 Å². The summed E-state index contributed by atoms with van der Waals surface area (Å²) in [5.41, 5.74) is 1.58. The number of hydrogen-bond acceptors (Lipinski definition) is 4. The van der Waals surface area contributed by atoms with Crippen molar-refractivity contribution in [1.29, 1.82) is 0 Å². The van der Waals surface area contributed by atoms with Gasteiger partial charge in [-0.2, -0.15) is 0 Å². The minimum atomic E-state index is -0.0770. The average Bonchev–Trinajstić information content (AvgIpc) is 2.75. The Bertz CT molecular complexity index is 493. The Morgan fingerprint density at radius 2 is 2.29 bits per heavy atom. The number of carbonyl (C=O) groups is 1. The molecule has 0 spiro atoms. The second-order valence-electron chi connectivity index (χ2n) is 4.41. The van der Waals surface area contributed by atoms with E-state index in [4.69, 9.17) is 14.2 Å². The van der Waals surface area contributed by atoms with Gasteiger partial charge in [0, 0.05) is 24.5 Å². The molecule has 1 atom stereocenters. The lowest BCUT2D eigenvalue weighted by Crippen LogP contribution is -2.25. The number of fused-ring (bicyclic) bond motifs is 3. The zero-order valence-electron chi connectivity index (χ0n) is 9.91. The molecule has 0 saturated heterocycles. The van der Waals surface area contributed by atoms with Crippen molar-refractivity contribution in [2.45, 2.75) is 25.9 Å². The summed E-state index contributed by atoms with van der Waals surface area (Å²) in [4.78, 5) is 12.1. The highest BCUT2D eigenvalue weighted by atomic mass is 16.5. The van der Waals surface area contributed by atoms with E-state index in [-0.39, 0.29) is 11.9 Å². The minimum absolute atomic E-state index is 0.0770. The third kappa shape index (κ3) is 1.47. The quantitative estimate of drug-likeness (QED) is 0.745. The lowest BCUT2D eigenvalue weighted by molar-refractivity contribution is 0.0864. The fourth-order valence-corrected chi connectivity index (χ4v) is 2.44. The molecule has 3 rings (SSSR count). The Hall–Kier alpha value is -1.71. The van der Waals surface area contributed by atoms with Gasteiger partial charge in [0.05, 0.1) is 13.7 Å². The first kappa shape index (κ1) is 10.4. The molecule has 0 N–H and O–H groups in total. The summed E-state index contributed by atoms with van der Waals surface area (Å²) in [5, 5.41) is 0. The number of ketones is 1. The maximum atomic E-state index is 12.1. The number of methoxy groups -OCH3 is 1. The summed E-state index contributed by atoms with van der Waals surface area (Å²) in [7, 11) is 1.56. The van der Waals surface area contributed by atoms with Crippen LogP contribution in [0.4, 0.5) is 0 Å². The molecular formula is C13H14O4. The highest BCUT2D eigenvalue weighted by molar-refractivity contribution is 6.03. The first-order valence-electron chi connectivity index (χ1n) is 5.77. The molecule has 0 aliphatic carbocycles. The number of hydrogen-bond donors (Lipinski definition) is 0. The molecule has 90 valence electrons. The van der Waals surface area contributed by atoms with Crippen molar-refractivity contribution in [3.63, 3.8) is 0 Å². The SMILES string of the molecule is COc1cc2c(c3c1C(=O)C[C@H](C)O3)CCO2. The highest BCUT2D eigenvalue weighted by Crippen LogP contribution is 2.45.